The molecule has 1 amide bonds. The molecule has 3 heteroatoms. The van der Waals surface area contributed by atoms with Crippen molar-refractivity contribution in [2.45, 2.75) is 31.6 Å². The van der Waals surface area contributed by atoms with Crippen molar-refractivity contribution in [3.05, 3.63) is 0 Å². The zero-order valence-electron chi connectivity index (χ0n) is 7.92. The van der Waals surface area contributed by atoms with Gasteiger partial charge in [-0.3, -0.25) is 4.79 Å². The number of rotatable bonds is 3. The van der Waals surface area contributed by atoms with Crippen molar-refractivity contribution in [3.63, 3.8) is 0 Å². The average Bonchev–Trinajstić information content (AvgIpc) is 2.56. The summed E-state index contributed by atoms with van der Waals surface area (Å²) in [6.45, 7) is 2.51. The lowest BCUT2D eigenvalue weighted by Gasteiger charge is -2.07. The number of hydrogen-bond acceptors (Lipinski definition) is 1. The minimum Gasteiger partial charge on any atom is -0.354 e. The smallest absolute Gasteiger partial charge is 0.223 e. The molecule has 0 radical (unpaired) electrons. The monoisotopic (exact) mass is 201 g/mol. The minimum atomic E-state index is 0.0440. The van der Waals surface area contributed by atoms with E-state index in [0.717, 1.165) is 0 Å². The van der Waals surface area contributed by atoms with E-state index in [1.807, 2.05) is 6.92 Å². The first kappa shape index (κ1) is 9.32. The number of nitrogens with one attached hydrogen (secondary N) is 1. The van der Waals surface area contributed by atoms with Crippen molar-refractivity contribution in [1.29, 1.82) is 0 Å². The summed E-state index contributed by atoms with van der Waals surface area (Å²) in [6, 6.07) is 0. The van der Waals surface area contributed by atoms with Crippen LogP contribution in [0.3, 0.4) is 0 Å². The highest BCUT2D eigenvalue weighted by molar-refractivity contribution is 6.20. The van der Waals surface area contributed by atoms with Gasteiger partial charge >= 0.3 is 0 Å². The third-order valence-electron chi connectivity index (χ3n) is 3.27. The fraction of sp³-hybridized carbons (Fsp3) is 0.900. The molecule has 0 heterocycles. The zero-order chi connectivity index (χ0) is 9.42. The first-order chi connectivity index (χ1) is 6.20. The number of fused-ring (bicyclic) bond motifs is 1. The van der Waals surface area contributed by atoms with Gasteiger partial charge < -0.3 is 5.32 Å². The third kappa shape index (κ3) is 1.83. The number of halogens is 1. The molecule has 3 atom stereocenters. The molecule has 0 aromatic rings. The summed E-state index contributed by atoms with van der Waals surface area (Å²) in [7, 11) is 0. The SMILES string of the molecule is CC(Cl)CNC(=O)C1C2CCCC21. The summed E-state index contributed by atoms with van der Waals surface area (Å²) in [5.74, 6) is 2.00. The van der Waals surface area contributed by atoms with Gasteiger partial charge in [0.25, 0.3) is 0 Å². The third-order valence-corrected chi connectivity index (χ3v) is 3.42. The molecule has 2 fully saturated rings. The molecule has 2 aliphatic rings. The summed E-state index contributed by atoms with van der Waals surface area (Å²) in [6.07, 6.45) is 3.85. The molecule has 74 valence electrons. The van der Waals surface area contributed by atoms with Crippen molar-refractivity contribution in [2.24, 2.45) is 17.8 Å². The van der Waals surface area contributed by atoms with E-state index in [9.17, 15) is 4.79 Å². The van der Waals surface area contributed by atoms with E-state index in [2.05, 4.69) is 5.32 Å². The molecule has 0 aromatic carbocycles. The molecule has 13 heavy (non-hydrogen) atoms. The van der Waals surface area contributed by atoms with Gasteiger partial charge in [0.2, 0.25) is 5.91 Å². The second-order valence-corrected chi connectivity index (χ2v) is 5.06. The second kappa shape index (κ2) is 3.49. The second-order valence-electron chi connectivity index (χ2n) is 4.31. The van der Waals surface area contributed by atoms with E-state index >= 15 is 0 Å². The number of hydrogen-bond donors (Lipinski definition) is 1. The highest BCUT2D eigenvalue weighted by Gasteiger charge is 2.56. The van der Waals surface area contributed by atoms with Gasteiger partial charge in [-0.15, -0.1) is 11.6 Å². The molecule has 0 aliphatic heterocycles. The van der Waals surface area contributed by atoms with Crippen molar-refractivity contribution in [1.82, 2.24) is 5.32 Å². The fourth-order valence-corrected chi connectivity index (χ4v) is 2.65. The summed E-state index contributed by atoms with van der Waals surface area (Å²) in [5.41, 5.74) is 0. The van der Waals surface area contributed by atoms with Gasteiger partial charge in [0, 0.05) is 17.8 Å². The maximum atomic E-state index is 11.6. The normalized spacial score (nSPS) is 38.2. The van der Waals surface area contributed by atoms with Crippen LogP contribution in [-0.4, -0.2) is 17.8 Å². The summed E-state index contributed by atoms with van der Waals surface area (Å²) >= 11 is 5.75. The van der Waals surface area contributed by atoms with Crippen LogP contribution in [0, 0.1) is 17.8 Å². The first-order valence-corrected chi connectivity index (χ1v) is 5.55. The van der Waals surface area contributed by atoms with Crippen LogP contribution in [0.2, 0.25) is 0 Å². The van der Waals surface area contributed by atoms with Crippen LogP contribution in [0.15, 0.2) is 0 Å². The minimum absolute atomic E-state index is 0.0440. The van der Waals surface area contributed by atoms with Crippen LogP contribution >= 0.6 is 11.6 Å². The Kier molecular flexibility index (Phi) is 2.50. The highest BCUT2D eigenvalue weighted by Crippen LogP contribution is 2.57. The van der Waals surface area contributed by atoms with Crippen molar-refractivity contribution >= 4 is 17.5 Å². The molecule has 1 N–H and O–H groups in total. The molecule has 0 aromatic heterocycles. The maximum Gasteiger partial charge on any atom is 0.223 e. The van der Waals surface area contributed by atoms with Gasteiger partial charge in [-0.25, -0.2) is 0 Å². The molecular weight excluding hydrogens is 186 g/mol. The molecule has 2 rings (SSSR count). The van der Waals surface area contributed by atoms with Crippen LogP contribution in [-0.2, 0) is 4.79 Å². The number of carbonyl (C=O) groups is 1. The Bertz CT molecular complexity index is 207. The largest absolute Gasteiger partial charge is 0.354 e. The number of amides is 1. The summed E-state index contributed by atoms with van der Waals surface area (Å²) < 4.78 is 0. The molecular formula is C10H16ClNO. The van der Waals surface area contributed by atoms with Crippen LogP contribution in [0.1, 0.15) is 26.2 Å². The van der Waals surface area contributed by atoms with Gasteiger partial charge in [-0.05, 0) is 31.6 Å². The van der Waals surface area contributed by atoms with E-state index in [1.165, 1.54) is 19.3 Å². The van der Waals surface area contributed by atoms with Crippen LogP contribution in [0.4, 0.5) is 0 Å². The quantitative estimate of drug-likeness (QED) is 0.693. The standard InChI is InChI=1S/C10H16ClNO/c1-6(11)5-12-10(13)9-7-3-2-4-8(7)9/h6-9H,2-5H2,1H3,(H,12,13). The van der Waals surface area contributed by atoms with Gasteiger partial charge in [-0.1, -0.05) is 6.42 Å². The zero-order valence-corrected chi connectivity index (χ0v) is 8.68. The van der Waals surface area contributed by atoms with Crippen LogP contribution in [0.5, 0.6) is 0 Å². The Morgan fingerprint density at radius 2 is 2.15 bits per heavy atom. The van der Waals surface area contributed by atoms with E-state index in [0.29, 0.717) is 24.3 Å². The Labute approximate surface area is 84.0 Å². The maximum absolute atomic E-state index is 11.6. The predicted octanol–water partition coefficient (Wildman–Crippen LogP) is 1.78. The van der Waals surface area contributed by atoms with Gasteiger partial charge in [0.1, 0.15) is 0 Å². The van der Waals surface area contributed by atoms with Crippen molar-refractivity contribution < 1.29 is 4.79 Å². The topological polar surface area (TPSA) is 29.1 Å². The van der Waals surface area contributed by atoms with Gasteiger partial charge in [-0.2, -0.15) is 0 Å². The molecule has 2 nitrogen and oxygen atoms in total. The lowest BCUT2D eigenvalue weighted by molar-refractivity contribution is -0.123. The Balaban J connectivity index is 1.74. The van der Waals surface area contributed by atoms with Gasteiger partial charge in [0.05, 0.1) is 0 Å². The molecule has 3 unspecified atom stereocenters. The molecule has 0 bridgehead atoms. The molecule has 2 aliphatic carbocycles. The van der Waals surface area contributed by atoms with E-state index < -0.39 is 0 Å². The summed E-state index contributed by atoms with van der Waals surface area (Å²) in [5, 5.41) is 2.95. The molecule has 0 saturated heterocycles. The number of alkyl halides is 1. The molecule has 0 spiro atoms. The van der Waals surface area contributed by atoms with Crippen LogP contribution in [0.25, 0.3) is 0 Å². The Morgan fingerprint density at radius 3 is 2.69 bits per heavy atom. The highest BCUT2D eigenvalue weighted by atomic mass is 35.5. The molecule has 2 saturated carbocycles. The van der Waals surface area contributed by atoms with E-state index in [1.54, 1.807) is 0 Å². The lowest BCUT2D eigenvalue weighted by atomic mass is 10.1. The average molecular weight is 202 g/mol. The van der Waals surface area contributed by atoms with Gasteiger partial charge in [0.15, 0.2) is 0 Å². The summed E-state index contributed by atoms with van der Waals surface area (Å²) in [4.78, 5) is 11.6. The van der Waals surface area contributed by atoms with E-state index in [-0.39, 0.29) is 11.3 Å². The van der Waals surface area contributed by atoms with Crippen LogP contribution < -0.4 is 5.32 Å². The lowest BCUT2D eigenvalue weighted by Crippen LogP contribution is -2.31. The number of carbonyl (C=O) groups excluding carboxylic acids is 1. The van der Waals surface area contributed by atoms with Crippen molar-refractivity contribution in [2.75, 3.05) is 6.54 Å². The van der Waals surface area contributed by atoms with Crippen molar-refractivity contribution in [3.8, 4) is 0 Å². The first-order valence-electron chi connectivity index (χ1n) is 5.12. The predicted molar refractivity (Wildman–Crippen MR) is 52.6 cm³/mol. The van der Waals surface area contributed by atoms with E-state index in [4.69, 9.17) is 11.6 Å². The fourth-order valence-electron chi connectivity index (χ4n) is 2.57. The Hall–Kier alpha value is -0.240. The Morgan fingerprint density at radius 1 is 1.54 bits per heavy atom.